The molecule has 8 heteroatoms. The highest BCUT2D eigenvalue weighted by Crippen LogP contribution is 2.29. The Bertz CT molecular complexity index is 1390. The molecule has 0 unspecified atom stereocenters. The predicted octanol–water partition coefficient (Wildman–Crippen LogP) is 6.24. The van der Waals surface area contributed by atoms with Gasteiger partial charge in [-0.15, -0.1) is 10.2 Å². The maximum atomic E-state index is 12.7. The van der Waals surface area contributed by atoms with Crippen LogP contribution in [-0.4, -0.2) is 20.9 Å². The summed E-state index contributed by atoms with van der Waals surface area (Å²) in [5.74, 6) is 0.306. The van der Waals surface area contributed by atoms with Gasteiger partial charge in [0, 0.05) is 10.6 Å². The van der Waals surface area contributed by atoms with Crippen LogP contribution in [0.3, 0.4) is 0 Å². The standard InChI is InChI=1S/C23H14Cl2N4O2/c24-15-8-6-14(7-9-15)21-10-11-22(31-21)23(30)26-18-13-20-19(12-17(18)25)27-29(28-20)16-4-2-1-3-5-16/h1-13H,(H,26,30). The summed E-state index contributed by atoms with van der Waals surface area (Å²) in [5, 5.41) is 12.7. The number of nitrogens with one attached hydrogen (secondary N) is 1. The van der Waals surface area contributed by atoms with E-state index in [0.717, 1.165) is 11.3 Å². The Labute approximate surface area is 187 Å². The second-order valence-electron chi connectivity index (χ2n) is 6.77. The molecule has 152 valence electrons. The van der Waals surface area contributed by atoms with Crippen molar-refractivity contribution in [2.24, 2.45) is 0 Å². The monoisotopic (exact) mass is 448 g/mol. The highest BCUT2D eigenvalue weighted by molar-refractivity contribution is 6.34. The van der Waals surface area contributed by atoms with E-state index in [0.29, 0.717) is 32.5 Å². The number of hydrogen-bond acceptors (Lipinski definition) is 4. The molecular formula is C23H14Cl2N4O2. The third kappa shape index (κ3) is 3.91. The number of anilines is 1. The first-order valence-corrected chi connectivity index (χ1v) is 10.1. The number of aromatic nitrogens is 3. The van der Waals surface area contributed by atoms with Crippen molar-refractivity contribution in [2.75, 3.05) is 5.32 Å². The molecule has 0 spiro atoms. The van der Waals surface area contributed by atoms with Crippen molar-refractivity contribution in [3.8, 4) is 17.0 Å². The van der Waals surface area contributed by atoms with Gasteiger partial charge in [0.2, 0.25) is 0 Å². The lowest BCUT2D eigenvalue weighted by atomic mass is 10.2. The van der Waals surface area contributed by atoms with E-state index in [4.69, 9.17) is 27.6 Å². The summed E-state index contributed by atoms with van der Waals surface area (Å²) in [6.07, 6.45) is 0. The number of benzene rings is 3. The fraction of sp³-hybridized carbons (Fsp3) is 0. The van der Waals surface area contributed by atoms with Crippen LogP contribution in [0.1, 0.15) is 10.6 Å². The Balaban J connectivity index is 1.40. The lowest BCUT2D eigenvalue weighted by Gasteiger charge is -2.05. The largest absolute Gasteiger partial charge is 0.451 e. The number of amides is 1. The van der Waals surface area contributed by atoms with Gasteiger partial charge in [-0.2, -0.15) is 4.80 Å². The summed E-state index contributed by atoms with van der Waals surface area (Å²) in [5.41, 5.74) is 3.29. The van der Waals surface area contributed by atoms with Crippen LogP contribution in [0.15, 0.2) is 83.3 Å². The van der Waals surface area contributed by atoms with Crippen LogP contribution in [-0.2, 0) is 0 Å². The molecule has 0 aliphatic rings. The molecule has 0 atom stereocenters. The molecule has 1 N–H and O–H groups in total. The smallest absolute Gasteiger partial charge is 0.291 e. The first-order valence-electron chi connectivity index (χ1n) is 9.36. The minimum atomic E-state index is -0.420. The van der Waals surface area contributed by atoms with Crippen LogP contribution >= 0.6 is 23.2 Å². The van der Waals surface area contributed by atoms with E-state index in [9.17, 15) is 4.79 Å². The van der Waals surface area contributed by atoms with Gasteiger partial charge in [-0.25, -0.2) is 0 Å². The minimum Gasteiger partial charge on any atom is -0.451 e. The first kappa shape index (κ1) is 19.4. The highest BCUT2D eigenvalue weighted by Gasteiger charge is 2.16. The lowest BCUT2D eigenvalue weighted by molar-refractivity contribution is 0.0997. The van der Waals surface area contributed by atoms with E-state index in [2.05, 4.69) is 15.5 Å². The zero-order valence-electron chi connectivity index (χ0n) is 15.9. The van der Waals surface area contributed by atoms with Crippen molar-refractivity contribution >= 4 is 45.8 Å². The summed E-state index contributed by atoms with van der Waals surface area (Å²) >= 11 is 12.3. The van der Waals surface area contributed by atoms with Gasteiger partial charge in [0.05, 0.1) is 16.4 Å². The zero-order chi connectivity index (χ0) is 21.4. The summed E-state index contributed by atoms with van der Waals surface area (Å²) in [4.78, 5) is 14.2. The third-order valence-electron chi connectivity index (χ3n) is 4.66. The Kier molecular flexibility index (Phi) is 4.94. The van der Waals surface area contributed by atoms with Crippen LogP contribution in [0.2, 0.25) is 10.0 Å². The lowest BCUT2D eigenvalue weighted by Crippen LogP contribution is -2.11. The number of fused-ring (bicyclic) bond motifs is 1. The number of nitrogens with zero attached hydrogens (tertiary/aromatic N) is 3. The Morgan fingerprint density at radius 1 is 0.871 bits per heavy atom. The number of hydrogen-bond donors (Lipinski definition) is 1. The maximum Gasteiger partial charge on any atom is 0.291 e. The van der Waals surface area contributed by atoms with Crippen molar-refractivity contribution in [3.05, 3.63) is 94.7 Å². The van der Waals surface area contributed by atoms with Crippen molar-refractivity contribution in [3.63, 3.8) is 0 Å². The SMILES string of the molecule is O=C(Nc1cc2nn(-c3ccccc3)nc2cc1Cl)c1ccc(-c2ccc(Cl)cc2)o1. The fourth-order valence-electron chi connectivity index (χ4n) is 3.12. The minimum absolute atomic E-state index is 0.161. The molecule has 3 aromatic carbocycles. The van der Waals surface area contributed by atoms with Crippen LogP contribution in [0, 0.1) is 0 Å². The molecule has 0 saturated heterocycles. The molecule has 2 aromatic heterocycles. The number of carbonyl (C=O) groups excluding carboxylic acids is 1. The molecule has 0 fully saturated rings. The van der Waals surface area contributed by atoms with Gasteiger partial charge < -0.3 is 9.73 Å². The van der Waals surface area contributed by atoms with Crippen molar-refractivity contribution in [1.29, 1.82) is 0 Å². The second-order valence-corrected chi connectivity index (χ2v) is 7.61. The summed E-state index contributed by atoms with van der Waals surface area (Å²) in [6, 6.07) is 23.4. The molecule has 2 heterocycles. The molecular weight excluding hydrogens is 435 g/mol. The molecule has 6 nitrogen and oxygen atoms in total. The van der Waals surface area contributed by atoms with Gasteiger partial charge in [-0.05, 0) is 60.7 Å². The maximum absolute atomic E-state index is 12.7. The average molecular weight is 449 g/mol. The third-order valence-corrected chi connectivity index (χ3v) is 5.23. The molecule has 5 aromatic rings. The number of rotatable bonds is 4. The molecule has 0 radical (unpaired) electrons. The van der Waals surface area contributed by atoms with Crippen LogP contribution in [0.5, 0.6) is 0 Å². The van der Waals surface area contributed by atoms with Crippen molar-refractivity contribution < 1.29 is 9.21 Å². The topological polar surface area (TPSA) is 73.0 Å². The van der Waals surface area contributed by atoms with E-state index < -0.39 is 5.91 Å². The second kappa shape index (κ2) is 7.91. The van der Waals surface area contributed by atoms with E-state index >= 15 is 0 Å². The molecule has 0 bridgehead atoms. The Morgan fingerprint density at radius 3 is 2.32 bits per heavy atom. The normalized spacial score (nSPS) is 11.0. The van der Waals surface area contributed by atoms with E-state index in [1.807, 2.05) is 42.5 Å². The van der Waals surface area contributed by atoms with Crippen molar-refractivity contribution in [2.45, 2.75) is 0 Å². The zero-order valence-corrected chi connectivity index (χ0v) is 17.4. The number of furan rings is 1. The molecule has 1 amide bonds. The summed E-state index contributed by atoms with van der Waals surface area (Å²) < 4.78 is 5.70. The molecule has 0 aliphatic carbocycles. The predicted molar refractivity (Wildman–Crippen MR) is 121 cm³/mol. The summed E-state index contributed by atoms with van der Waals surface area (Å²) in [6.45, 7) is 0. The number of carbonyl (C=O) groups is 1. The molecule has 0 aliphatic heterocycles. The van der Waals surface area contributed by atoms with E-state index in [1.54, 1.807) is 36.4 Å². The van der Waals surface area contributed by atoms with Crippen LogP contribution in [0.4, 0.5) is 5.69 Å². The number of para-hydroxylation sites is 1. The van der Waals surface area contributed by atoms with Crippen LogP contribution < -0.4 is 5.32 Å². The number of halogens is 2. The van der Waals surface area contributed by atoms with Crippen molar-refractivity contribution in [1.82, 2.24) is 15.0 Å². The average Bonchev–Trinajstić information content (AvgIpc) is 3.43. The van der Waals surface area contributed by atoms with Gasteiger partial charge in [-0.1, -0.05) is 41.4 Å². The summed E-state index contributed by atoms with van der Waals surface area (Å²) in [7, 11) is 0. The molecule has 0 saturated carbocycles. The van der Waals surface area contributed by atoms with Gasteiger partial charge >= 0.3 is 0 Å². The van der Waals surface area contributed by atoms with E-state index in [1.165, 1.54) is 4.80 Å². The van der Waals surface area contributed by atoms with Gasteiger partial charge in [-0.3, -0.25) is 4.79 Å². The van der Waals surface area contributed by atoms with E-state index in [-0.39, 0.29) is 5.76 Å². The quantitative estimate of drug-likeness (QED) is 0.353. The molecule has 5 rings (SSSR count). The van der Waals surface area contributed by atoms with Gasteiger partial charge in [0.25, 0.3) is 5.91 Å². The van der Waals surface area contributed by atoms with Gasteiger partial charge in [0.1, 0.15) is 16.8 Å². The van der Waals surface area contributed by atoms with Gasteiger partial charge in [0.15, 0.2) is 5.76 Å². The molecule has 31 heavy (non-hydrogen) atoms. The Hall–Kier alpha value is -3.61. The first-order chi connectivity index (χ1) is 15.1. The Morgan fingerprint density at radius 2 is 1.58 bits per heavy atom. The fourth-order valence-corrected chi connectivity index (χ4v) is 3.45. The highest BCUT2D eigenvalue weighted by atomic mass is 35.5. The van der Waals surface area contributed by atoms with Crippen LogP contribution in [0.25, 0.3) is 28.0 Å².